The summed E-state index contributed by atoms with van der Waals surface area (Å²) < 4.78 is 38.9. The Balaban J connectivity index is 1.15. The highest BCUT2D eigenvalue weighted by Crippen LogP contribution is 2.44. The van der Waals surface area contributed by atoms with E-state index < -0.39 is 12.2 Å². The zero-order valence-corrected chi connectivity index (χ0v) is 36.1. The monoisotopic (exact) mass is 864 g/mol. The number of hydrogen-bond donors (Lipinski definition) is 2. The van der Waals surface area contributed by atoms with Gasteiger partial charge in [0.15, 0.2) is 11.5 Å². The second-order valence-corrected chi connectivity index (χ2v) is 15.6. The maximum Gasteiger partial charge on any atom is 0.203 e. The number of benzene rings is 8. The molecule has 0 fully saturated rings. The van der Waals surface area contributed by atoms with Crippen LogP contribution in [0.2, 0.25) is 0 Å². The molecule has 2 N–H and O–H groups in total. The van der Waals surface area contributed by atoms with Gasteiger partial charge >= 0.3 is 0 Å². The van der Waals surface area contributed by atoms with Crippen LogP contribution in [0.4, 0.5) is 0 Å². The molecule has 0 amide bonds. The summed E-state index contributed by atoms with van der Waals surface area (Å²) in [5.41, 5.74) is 6.72. The minimum atomic E-state index is -1.41. The zero-order valence-electron chi connectivity index (χ0n) is 36.1. The Morgan fingerprint density at radius 1 is 0.323 bits per heavy atom. The standard InChI is InChI=1S/C57H52O8/c58-51(35-50-52(61-37-43-21-9-2-10-22-43)33-49(60-36-42-19-7-1-8-20-42)34-53(50)62-38-44-23-11-3-12-24-44)56(59)48-31-54(63-39-45-25-13-4-14-26-45)57(65-41-47-29-17-6-18-30-47)55(32-48)64-40-46-27-15-5-16-28-46/h1-34,51,56,58-59H,35-41H2/t51-,56-/m0/s1. The number of hydrogen-bond acceptors (Lipinski definition) is 8. The lowest BCUT2D eigenvalue weighted by molar-refractivity contribution is 0.0177. The van der Waals surface area contributed by atoms with Gasteiger partial charge in [-0.15, -0.1) is 0 Å². The van der Waals surface area contributed by atoms with Gasteiger partial charge in [-0.2, -0.15) is 0 Å². The topological polar surface area (TPSA) is 95.8 Å². The Morgan fingerprint density at radius 3 is 0.954 bits per heavy atom. The first-order valence-corrected chi connectivity index (χ1v) is 21.8. The van der Waals surface area contributed by atoms with Crippen LogP contribution in [0.1, 0.15) is 50.6 Å². The predicted octanol–water partition coefficient (Wildman–Crippen LogP) is 11.8. The minimum Gasteiger partial charge on any atom is -0.489 e. The Labute approximate surface area is 380 Å². The molecule has 8 nitrogen and oxygen atoms in total. The van der Waals surface area contributed by atoms with E-state index in [2.05, 4.69) is 0 Å². The molecule has 0 aromatic heterocycles. The lowest BCUT2D eigenvalue weighted by Gasteiger charge is -2.25. The van der Waals surface area contributed by atoms with Crippen molar-refractivity contribution in [3.05, 3.63) is 251 Å². The zero-order chi connectivity index (χ0) is 44.5. The van der Waals surface area contributed by atoms with Gasteiger partial charge in [-0.05, 0) is 51.1 Å². The Bertz CT molecular complexity index is 2520. The summed E-state index contributed by atoms with van der Waals surface area (Å²) in [5, 5.41) is 24.4. The Kier molecular flexibility index (Phi) is 15.4. The third kappa shape index (κ3) is 12.8. The molecular formula is C57H52O8. The van der Waals surface area contributed by atoms with E-state index in [1.54, 1.807) is 12.1 Å². The molecule has 0 aliphatic heterocycles. The number of ether oxygens (including phenoxy) is 6. The molecule has 0 bridgehead atoms. The van der Waals surface area contributed by atoms with Crippen molar-refractivity contribution < 1.29 is 38.6 Å². The van der Waals surface area contributed by atoms with E-state index in [1.165, 1.54) is 0 Å². The summed E-state index contributed by atoms with van der Waals surface area (Å²) in [6, 6.07) is 66.2. The van der Waals surface area contributed by atoms with Gasteiger partial charge in [-0.3, -0.25) is 0 Å². The molecule has 0 spiro atoms. The van der Waals surface area contributed by atoms with Crippen LogP contribution < -0.4 is 28.4 Å². The van der Waals surface area contributed by atoms with Crippen molar-refractivity contribution >= 4 is 0 Å². The average Bonchev–Trinajstić information content (AvgIpc) is 3.37. The quantitative estimate of drug-likeness (QED) is 0.0695. The predicted molar refractivity (Wildman–Crippen MR) is 252 cm³/mol. The van der Waals surface area contributed by atoms with Gasteiger partial charge in [0.2, 0.25) is 5.75 Å². The molecule has 8 aromatic carbocycles. The van der Waals surface area contributed by atoms with E-state index >= 15 is 0 Å². The molecule has 0 radical (unpaired) electrons. The third-order valence-corrected chi connectivity index (χ3v) is 10.7. The van der Waals surface area contributed by atoms with E-state index in [0.29, 0.717) is 52.2 Å². The summed E-state index contributed by atoms with van der Waals surface area (Å²) in [7, 11) is 0. The van der Waals surface area contributed by atoms with Gasteiger partial charge in [-0.1, -0.05) is 182 Å². The van der Waals surface area contributed by atoms with Crippen molar-refractivity contribution in [2.24, 2.45) is 0 Å². The summed E-state index contributed by atoms with van der Waals surface area (Å²) in [6.45, 7) is 1.53. The summed E-state index contributed by atoms with van der Waals surface area (Å²) >= 11 is 0. The van der Waals surface area contributed by atoms with Crippen LogP contribution in [0.3, 0.4) is 0 Å². The van der Waals surface area contributed by atoms with Gasteiger partial charge in [0, 0.05) is 24.1 Å². The SMILES string of the molecule is O[C@@H](Cc1c(OCc2ccccc2)cc(OCc2ccccc2)cc1OCc1ccccc1)[C@@H](O)c1cc(OCc2ccccc2)c(OCc2ccccc2)c(OCc2ccccc2)c1. The van der Waals surface area contributed by atoms with Crippen LogP contribution in [-0.4, -0.2) is 16.3 Å². The van der Waals surface area contributed by atoms with Crippen LogP contribution in [0.15, 0.2) is 206 Å². The van der Waals surface area contributed by atoms with Crippen LogP contribution in [-0.2, 0) is 46.1 Å². The van der Waals surface area contributed by atoms with E-state index in [-0.39, 0.29) is 39.5 Å². The molecule has 0 saturated carbocycles. The normalized spacial score (nSPS) is 11.8. The fourth-order valence-corrected chi connectivity index (χ4v) is 7.22. The molecule has 0 heterocycles. The molecule has 8 rings (SSSR count). The fraction of sp³-hybridized carbons (Fsp3) is 0.158. The molecule has 0 aliphatic carbocycles. The summed E-state index contributed by atoms with van der Waals surface area (Å²) in [6.07, 6.45) is -2.79. The van der Waals surface area contributed by atoms with Crippen LogP contribution in [0.25, 0.3) is 0 Å². The van der Waals surface area contributed by atoms with Gasteiger partial charge in [0.25, 0.3) is 0 Å². The fourth-order valence-electron chi connectivity index (χ4n) is 7.22. The van der Waals surface area contributed by atoms with Crippen LogP contribution in [0, 0.1) is 0 Å². The first kappa shape index (κ1) is 44.1. The van der Waals surface area contributed by atoms with Gasteiger partial charge in [-0.25, -0.2) is 0 Å². The largest absolute Gasteiger partial charge is 0.489 e. The average molecular weight is 865 g/mol. The van der Waals surface area contributed by atoms with Crippen molar-refractivity contribution in [1.29, 1.82) is 0 Å². The molecule has 0 unspecified atom stereocenters. The van der Waals surface area contributed by atoms with E-state index in [4.69, 9.17) is 28.4 Å². The second-order valence-electron chi connectivity index (χ2n) is 15.6. The number of rotatable bonds is 22. The van der Waals surface area contributed by atoms with E-state index in [0.717, 1.165) is 33.4 Å². The molecule has 2 atom stereocenters. The highest BCUT2D eigenvalue weighted by Gasteiger charge is 2.27. The van der Waals surface area contributed by atoms with Gasteiger partial charge < -0.3 is 38.6 Å². The summed E-state index contributed by atoms with van der Waals surface area (Å²) in [5.74, 6) is 2.54. The van der Waals surface area contributed by atoms with Crippen molar-refractivity contribution in [1.82, 2.24) is 0 Å². The number of aliphatic hydroxyl groups is 2. The maximum atomic E-state index is 12.2. The first-order chi connectivity index (χ1) is 32.0. The van der Waals surface area contributed by atoms with Gasteiger partial charge in [0.1, 0.15) is 63.0 Å². The Hall–Kier alpha value is -7.52. The molecular weight excluding hydrogens is 813 g/mol. The van der Waals surface area contributed by atoms with E-state index in [9.17, 15) is 10.2 Å². The molecule has 0 aliphatic rings. The lowest BCUT2D eigenvalue weighted by atomic mass is 9.96. The van der Waals surface area contributed by atoms with Gasteiger partial charge in [0.05, 0.1) is 6.10 Å². The minimum absolute atomic E-state index is 0.0406. The maximum absolute atomic E-state index is 12.2. The van der Waals surface area contributed by atoms with Crippen molar-refractivity contribution in [2.45, 2.75) is 58.3 Å². The molecule has 328 valence electrons. The molecule has 65 heavy (non-hydrogen) atoms. The van der Waals surface area contributed by atoms with Crippen molar-refractivity contribution in [3.63, 3.8) is 0 Å². The molecule has 0 saturated heterocycles. The third-order valence-electron chi connectivity index (χ3n) is 10.7. The highest BCUT2D eigenvalue weighted by atomic mass is 16.5. The van der Waals surface area contributed by atoms with Crippen LogP contribution in [0.5, 0.6) is 34.5 Å². The summed E-state index contributed by atoms with van der Waals surface area (Å²) in [4.78, 5) is 0. The first-order valence-electron chi connectivity index (χ1n) is 21.8. The lowest BCUT2D eigenvalue weighted by Crippen LogP contribution is -2.22. The van der Waals surface area contributed by atoms with Crippen molar-refractivity contribution in [3.8, 4) is 34.5 Å². The molecule has 8 aromatic rings. The molecule has 8 heteroatoms. The highest BCUT2D eigenvalue weighted by molar-refractivity contribution is 5.56. The second kappa shape index (κ2) is 22.7. The van der Waals surface area contributed by atoms with E-state index in [1.807, 2.05) is 194 Å². The van der Waals surface area contributed by atoms with Crippen molar-refractivity contribution in [2.75, 3.05) is 0 Å². The smallest absolute Gasteiger partial charge is 0.203 e. The van der Waals surface area contributed by atoms with Crippen LogP contribution >= 0.6 is 0 Å². The Morgan fingerprint density at radius 2 is 0.615 bits per heavy atom. The number of aliphatic hydroxyl groups excluding tert-OH is 2.